The Balaban J connectivity index is 3.14. The molecule has 0 unspecified atom stereocenters. The van der Waals surface area contributed by atoms with E-state index < -0.39 is 0 Å². The van der Waals surface area contributed by atoms with E-state index in [1.807, 2.05) is 22.6 Å². The third-order valence-electron chi connectivity index (χ3n) is 1.75. The zero-order valence-electron chi connectivity index (χ0n) is 7.07. The molecule has 1 saturated heterocycles. The van der Waals surface area contributed by atoms with Crippen molar-refractivity contribution in [1.29, 1.82) is 0 Å². The number of rotatable bonds is 0. The second kappa shape index (κ2) is 3.70. The molecular formula is C7H7IN2O2S. The van der Waals surface area contributed by atoms with Gasteiger partial charge >= 0.3 is 0 Å². The Morgan fingerprint density at radius 2 is 1.62 bits per heavy atom. The van der Waals surface area contributed by atoms with Crippen molar-refractivity contribution < 1.29 is 9.59 Å². The van der Waals surface area contributed by atoms with Gasteiger partial charge in [-0.25, -0.2) is 0 Å². The molecule has 13 heavy (non-hydrogen) atoms. The van der Waals surface area contributed by atoms with Crippen molar-refractivity contribution in [3.63, 3.8) is 0 Å². The van der Waals surface area contributed by atoms with Crippen LogP contribution in [-0.4, -0.2) is 40.8 Å². The lowest BCUT2D eigenvalue weighted by Gasteiger charge is -2.31. The summed E-state index contributed by atoms with van der Waals surface area (Å²) < 4.78 is 1.47. The number of amides is 2. The number of likely N-dealkylation sites (N-methyl/N-ethyl adjacent to an activating group) is 2. The topological polar surface area (TPSA) is 40.6 Å². The van der Waals surface area contributed by atoms with E-state index in [9.17, 15) is 9.59 Å². The number of carbonyl (C=O) groups excluding carboxylic acids is 2. The monoisotopic (exact) mass is 310 g/mol. The molecule has 0 N–H and O–H groups in total. The molecule has 1 rings (SSSR count). The van der Waals surface area contributed by atoms with Crippen LogP contribution in [0.4, 0.5) is 0 Å². The minimum atomic E-state index is -0.345. The molecule has 1 heterocycles. The molecule has 1 aliphatic rings. The van der Waals surface area contributed by atoms with Gasteiger partial charge in [0.05, 0.1) is 0 Å². The standard InChI is InChI=1S/C7H7IN2O2S/c1-9-5(11)4(3-8)6(12)10(2)7(9)13/h3H,1-2H3. The lowest BCUT2D eigenvalue weighted by atomic mass is 10.2. The van der Waals surface area contributed by atoms with E-state index in [0.29, 0.717) is 0 Å². The Kier molecular flexibility index (Phi) is 3.01. The van der Waals surface area contributed by atoms with Crippen molar-refractivity contribution in [2.45, 2.75) is 0 Å². The summed E-state index contributed by atoms with van der Waals surface area (Å²) in [6.45, 7) is 0. The number of halogens is 1. The van der Waals surface area contributed by atoms with Gasteiger partial charge < -0.3 is 0 Å². The summed E-state index contributed by atoms with van der Waals surface area (Å²) in [5.41, 5.74) is 0.152. The summed E-state index contributed by atoms with van der Waals surface area (Å²) in [7, 11) is 3.10. The van der Waals surface area contributed by atoms with Crippen LogP contribution in [0.2, 0.25) is 0 Å². The maximum Gasteiger partial charge on any atom is 0.265 e. The molecule has 6 heteroatoms. The van der Waals surface area contributed by atoms with Crippen LogP contribution >= 0.6 is 34.8 Å². The summed E-state index contributed by atoms with van der Waals surface area (Å²) >= 11 is 6.75. The third kappa shape index (κ3) is 1.60. The highest BCUT2D eigenvalue weighted by atomic mass is 127. The van der Waals surface area contributed by atoms with Crippen LogP contribution in [0.3, 0.4) is 0 Å². The molecule has 0 atom stereocenters. The van der Waals surface area contributed by atoms with Crippen LogP contribution in [0.25, 0.3) is 0 Å². The molecule has 0 aromatic rings. The summed E-state index contributed by atoms with van der Waals surface area (Å²) in [5, 5.41) is 0.233. The molecule has 0 saturated carbocycles. The van der Waals surface area contributed by atoms with Gasteiger partial charge in [-0.15, -0.1) is 0 Å². The average Bonchev–Trinajstić information content (AvgIpc) is 2.13. The fraction of sp³-hybridized carbons (Fsp3) is 0.286. The molecular weight excluding hydrogens is 303 g/mol. The summed E-state index contributed by atoms with van der Waals surface area (Å²) in [6.07, 6.45) is 0. The molecule has 1 fully saturated rings. The van der Waals surface area contributed by atoms with Crippen molar-refractivity contribution >= 4 is 51.7 Å². The van der Waals surface area contributed by atoms with E-state index in [1.54, 1.807) is 14.1 Å². The second-order valence-electron chi connectivity index (χ2n) is 2.53. The van der Waals surface area contributed by atoms with Gasteiger partial charge in [0.2, 0.25) is 0 Å². The SMILES string of the molecule is CN1C(=O)C(=CI)C(=O)N(C)C1=S. The average molecular weight is 310 g/mol. The maximum absolute atomic E-state index is 11.4. The van der Waals surface area contributed by atoms with E-state index in [0.717, 1.165) is 0 Å². The van der Waals surface area contributed by atoms with Crippen LogP contribution in [-0.2, 0) is 9.59 Å². The minimum Gasteiger partial charge on any atom is -0.288 e. The molecule has 1 aliphatic heterocycles. The zero-order valence-corrected chi connectivity index (χ0v) is 10.0. The van der Waals surface area contributed by atoms with Gasteiger partial charge in [-0.2, -0.15) is 0 Å². The van der Waals surface area contributed by atoms with Crippen LogP contribution in [0.15, 0.2) is 9.66 Å². The van der Waals surface area contributed by atoms with E-state index >= 15 is 0 Å². The van der Waals surface area contributed by atoms with Gasteiger partial charge in [0, 0.05) is 14.1 Å². The van der Waals surface area contributed by atoms with Crippen LogP contribution in [0, 0.1) is 0 Å². The molecule has 0 radical (unpaired) electrons. The molecule has 0 aliphatic carbocycles. The lowest BCUT2D eigenvalue weighted by Crippen LogP contribution is -2.52. The maximum atomic E-state index is 11.4. The number of nitrogens with zero attached hydrogens (tertiary/aromatic N) is 2. The van der Waals surface area contributed by atoms with Crippen molar-refractivity contribution in [2.75, 3.05) is 14.1 Å². The largest absolute Gasteiger partial charge is 0.288 e. The number of hydrogen-bond acceptors (Lipinski definition) is 3. The van der Waals surface area contributed by atoms with Gasteiger partial charge in [-0.1, -0.05) is 22.6 Å². The van der Waals surface area contributed by atoms with Crippen molar-refractivity contribution in [1.82, 2.24) is 9.80 Å². The zero-order chi connectivity index (χ0) is 10.2. The van der Waals surface area contributed by atoms with Gasteiger partial charge in [0.25, 0.3) is 11.8 Å². The fourth-order valence-corrected chi connectivity index (χ4v) is 1.64. The van der Waals surface area contributed by atoms with Crippen molar-refractivity contribution in [2.24, 2.45) is 0 Å². The molecule has 2 amide bonds. The number of carbonyl (C=O) groups is 2. The predicted octanol–water partition coefficient (Wildman–Crippen LogP) is 0.521. The molecule has 0 bridgehead atoms. The van der Waals surface area contributed by atoms with Crippen LogP contribution in [0.1, 0.15) is 0 Å². The quantitative estimate of drug-likeness (QED) is 0.283. The minimum absolute atomic E-state index is 0.152. The molecule has 4 nitrogen and oxygen atoms in total. The Morgan fingerprint density at radius 1 is 1.23 bits per heavy atom. The highest BCUT2D eigenvalue weighted by Crippen LogP contribution is 2.15. The van der Waals surface area contributed by atoms with Crippen molar-refractivity contribution in [3.05, 3.63) is 9.66 Å². The van der Waals surface area contributed by atoms with Gasteiger partial charge in [-0.05, 0) is 16.3 Å². The number of thiocarbonyl (C=S) groups is 1. The second-order valence-corrected chi connectivity index (χ2v) is 3.52. The Labute approximate surface area is 94.7 Å². The van der Waals surface area contributed by atoms with E-state index in [4.69, 9.17) is 12.2 Å². The molecule has 0 spiro atoms. The Bertz CT molecular complexity index is 300. The normalized spacial score (nSPS) is 18.4. The first-order valence-corrected chi connectivity index (χ1v) is 5.06. The number of hydrogen-bond donors (Lipinski definition) is 0. The van der Waals surface area contributed by atoms with Gasteiger partial charge in [0.15, 0.2) is 5.11 Å². The molecule has 0 aromatic carbocycles. The third-order valence-corrected chi connectivity index (χ3v) is 2.92. The summed E-state index contributed by atoms with van der Waals surface area (Å²) in [5.74, 6) is -0.690. The fourth-order valence-electron chi connectivity index (χ4n) is 0.945. The lowest BCUT2D eigenvalue weighted by molar-refractivity contribution is -0.132. The Morgan fingerprint density at radius 3 is 1.92 bits per heavy atom. The van der Waals surface area contributed by atoms with Gasteiger partial charge in [0.1, 0.15) is 5.57 Å². The van der Waals surface area contributed by atoms with E-state index in [1.165, 1.54) is 13.9 Å². The highest BCUT2D eigenvalue weighted by Gasteiger charge is 2.34. The first kappa shape index (κ1) is 10.6. The Hall–Kier alpha value is -0.500. The molecule has 70 valence electrons. The highest BCUT2D eigenvalue weighted by molar-refractivity contribution is 14.1. The predicted molar refractivity (Wildman–Crippen MR) is 60.2 cm³/mol. The summed E-state index contributed by atoms with van der Waals surface area (Å²) in [6, 6.07) is 0. The van der Waals surface area contributed by atoms with E-state index in [2.05, 4.69) is 0 Å². The van der Waals surface area contributed by atoms with Crippen molar-refractivity contribution in [3.8, 4) is 0 Å². The first-order chi connectivity index (χ1) is 6.00. The smallest absolute Gasteiger partial charge is 0.265 e. The summed E-state index contributed by atoms with van der Waals surface area (Å²) in [4.78, 5) is 25.4. The van der Waals surface area contributed by atoms with E-state index in [-0.39, 0.29) is 22.5 Å². The van der Waals surface area contributed by atoms with Crippen LogP contribution < -0.4 is 0 Å². The van der Waals surface area contributed by atoms with Crippen LogP contribution in [0.5, 0.6) is 0 Å². The first-order valence-electron chi connectivity index (χ1n) is 3.41. The molecule has 0 aromatic heterocycles. The van der Waals surface area contributed by atoms with Gasteiger partial charge in [-0.3, -0.25) is 19.4 Å².